The molecular weight excluding hydrogens is 587 g/mol. The topological polar surface area (TPSA) is 109 Å². The fourth-order valence-corrected chi connectivity index (χ4v) is 4.92. The molecule has 3 heterocycles. The van der Waals surface area contributed by atoms with Gasteiger partial charge in [-0.2, -0.15) is 0 Å². The average Bonchev–Trinajstić information content (AvgIpc) is 3.83. The molecule has 46 heavy (non-hydrogen) atoms. The lowest BCUT2D eigenvalue weighted by molar-refractivity contribution is 0.0406. The lowest BCUT2D eigenvalue weighted by Gasteiger charge is -2.14. The number of benzene rings is 3. The summed E-state index contributed by atoms with van der Waals surface area (Å²) in [5, 5.41) is 13.8. The Hall–Kier alpha value is -5.85. The van der Waals surface area contributed by atoms with Crippen LogP contribution in [-0.2, 0) is 0 Å². The normalized spacial score (nSPS) is 10.8. The van der Waals surface area contributed by atoms with Crippen LogP contribution in [0.5, 0.6) is 17.2 Å². The Bertz CT molecular complexity index is 1740. The quantitative estimate of drug-likeness (QED) is 0.177. The first-order valence-corrected chi connectivity index (χ1v) is 14.5. The maximum Gasteiger partial charge on any atom is 0.929 e. The van der Waals surface area contributed by atoms with Gasteiger partial charge in [0.1, 0.15) is 17.2 Å². The maximum atomic E-state index is 6.04. The molecule has 0 spiro atoms. The summed E-state index contributed by atoms with van der Waals surface area (Å²) in [4.78, 5) is 3.76. The molecule has 3 aromatic carbocycles. The summed E-state index contributed by atoms with van der Waals surface area (Å²) in [7, 11) is 3.48. The summed E-state index contributed by atoms with van der Waals surface area (Å²) in [6, 6.07) is 23.0. The van der Waals surface area contributed by atoms with Crippen LogP contribution in [0.4, 0.5) is 0 Å². The summed E-state index contributed by atoms with van der Waals surface area (Å²) >= 11 is 0. The molecule has 3 aromatic heterocycles. The van der Waals surface area contributed by atoms with E-state index in [1.54, 1.807) is 58.1 Å². The van der Waals surface area contributed by atoms with Crippen LogP contribution in [0.3, 0.4) is 0 Å². The van der Waals surface area contributed by atoms with Gasteiger partial charge in [0.25, 0.3) is 0 Å². The van der Waals surface area contributed by atoms with E-state index >= 15 is 0 Å². The molecule has 6 aromatic rings. The Morgan fingerprint density at radius 3 is 1.04 bits per heavy atom. The molecular formula is C33H33BN6O6. The molecule has 0 bridgehead atoms. The molecule has 12 nitrogen and oxygen atoms in total. The summed E-state index contributed by atoms with van der Waals surface area (Å²) in [6.07, 6.45) is 4.94. The Morgan fingerprint density at radius 2 is 0.761 bits per heavy atom. The number of ether oxygens (including phenoxy) is 3. The van der Waals surface area contributed by atoms with E-state index in [0.717, 1.165) is 33.4 Å². The molecule has 0 amide bonds. The van der Waals surface area contributed by atoms with Crippen LogP contribution in [0.25, 0.3) is 33.8 Å². The van der Waals surface area contributed by atoms with Gasteiger partial charge in [-0.3, -0.25) is 0 Å². The van der Waals surface area contributed by atoms with E-state index in [2.05, 4.69) is 15.3 Å². The fourth-order valence-electron chi connectivity index (χ4n) is 4.92. The predicted molar refractivity (Wildman–Crippen MR) is 172 cm³/mol. The molecule has 0 aliphatic carbocycles. The summed E-state index contributed by atoms with van der Waals surface area (Å²) in [5.74, 6) is 2.06. The zero-order chi connectivity index (χ0) is 32.2. The van der Waals surface area contributed by atoms with E-state index in [1.165, 1.54) is 14.5 Å². The minimum Gasteiger partial charge on any atom is -0.496 e. The number of aryl methyl sites for hydroxylation is 3. The van der Waals surface area contributed by atoms with Gasteiger partial charge in [0.05, 0.1) is 57.0 Å². The van der Waals surface area contributed by atoms with Crippen molar-refractivity contribution in [1.29, 1.82) is 0 Å². The maximum absolute atomic E-state index is 6.04. The first-order valence-electron chi connectivity index (χ1n) is 14.5. The number of hydrogen-bond acceptors (Lipinski definition) is 9. The number of nitrogens with zero attached hydrogens (tertiary/aromatic N) is 6. The summed E-state index contributed by atoms with van der Waals surface area (Å²) in [5.41, 5.74) is 7.56. The van der Waals surface area contributed by atoms with Crippen LogP contribution in [0.1, 0.15) is 16.7 Å². The van der Waals surface area contributed by atoms with E-state index in [-0.39, 0.29) is 0 Å². The lowest BCUT2D eigenvalue weighted by atomic mass is 10.1. The molecule has 0 saturated carbocycles. The van der Waals surface area contributed by atoms with Crippen molar-refractivity contribution in [1.82, 2.24) is 29.8 Å². The van der Waals surface area contributed by atoms with E-state index < -0.39 is 7.32 Å². The Labute approximate surface area is 266 Å². The minimum absolute atomic E-state index is 0.639. The van der Waals surface area contributed by atoms with Gasteiger partial charge in [0.2, 0.25) is 0 Å². The first-order chi connectivity index (χ1) is 22.3. The number of hydrogen-bond donors (Lipinski definition) is 0. The predicted octanol–water partition coefficient (Wildman–Crippen LogP) is 4.90. The van der Waals surface area contributed by atoms with Crippen molar-refractivity contribution >= 4 is 7.32 Å². The van der Waals surface area contributed by atoms with E-state index in [9.17, 15) is 0 Å². The molecule has 234 valence electrons. The van der Waals surface area contributed by atoms with E-state index in [4.69, 9.17) is 28.5 Å². The van der Waals surface area contributed by atoms with Crippen molar-refractivity contribution in [3.8, 4) is 51.0 Å². The van der Waals surface area contributed by atoms with Gasteiger partial charge in [-0.1, -0.05) is 34.9 Å². The largest absolute Gasteiger partial charge is 0.929 e. The molecule has 0 fully saturated rings. The van der Waals surface area contributed by atoms with Crippen molar-refractivity contribution in [2.45, 2.75) is 20.8 Å². The Kier molecular flexibility index (Phi) is 8.55. The molecule has 0 aliphatic heterocycles. The number of methoxy groups -OCH3 is 3. The van der Waals surface area contributed by atoms with Gasteiger partial charge in [0, 0.05) is 16.7 Å². The lowest BCUT2D eigenvalue weighted by Crippen LogP contribution is -2.49. The highest BCUT2D eigenvalue weighted by molar-refractivity contribution is 6.37. The third-order valence-corrected chi connectivity index (χ3v) is 7.17. The molecule has 0 saturated heterocycles. The molecule has 0 radical (unpaired) electrons. The third-order valence-electron chi connectivity index (χ3n) is 7.17. The van der Waals surface area contributed by atoms with Crippen molar-refractivity contribution in [2.24, 2.45) is 0 Å². The van der Waals surface area contributed by atoms with E-state index in [1.807, 2.05) is 75.4 Å². The van der Waals surface area contributed by atoms with Crippen LogP contribution in [0.15, 0.2) is 91.4 Å². The fraction of sp³-hybridized carbons (Fsp3) is 0.182. The second kappa shape index (κ2) is 13.0. The van der Waals surface area contributed by atoms with Gasteiger partial charge in [-0.15, -0.1) is 29.8 Å². The van der Waals surface area contributed by atoms with Gasteiger partial charge < -0.3 is 28.5 Å². The highest BCUT2D eigenvalue weighted by Gasteiger charge is 2.35. The van der Waals surface area contributed by atoms with Gasteiger partial charge >= 0.3 is 7.32 Å². The number of aromatic nitrogens is 6. The highest BCUT2D eigenvalue weighted by Crippen LogP contribution is 2.31. The molecule has 0 N–H and O–H groups in total. The van der Waals surface area contributed by atoms with Gasteiger partial charge in [0.15, 0.2) is 0 Å². The first kappa shape index (κ1) is 30.2. The van der Waals surface area contributed by atoms with Crippen LogP contribution in [0.2, 0.25) is 0 Å². The summed E-state index contributed by atoms with van der Waals surface area (Å²) < 4.78 is 34.7. The second-order valence-electron chi connectivity index (χ2n) is 10.5. The molecule has 13 heteroatoms. The second-order valence-corrected chi connectivity index (χ2v) is 10.5. The van der Waals surface area contributed by atoms with Crippen molar-refractivity contribution < 1.29 is 28.5 Å². The van der Waals surface area contributed by atoms with Crippen LogP contribution < -0.4 is 28.5 Å². The highest BCUT2D eigenvalue weighted by atomic mass is 16.9. The zero-order valence-corrected chi connectivity index (χ0v) is 26.4. The van der Waals surface area contributed by atoms with Crippen LogP contribution in [-0.4, -0.2) is 58.5 Å². The summed E-state index contributed by atoms with van der Waals surface area (Å²) in [6.45, 7) is 6.01. The molecule has 6 rings (SSSR count). The smallest absolute Gasteiger partial charge is 0.496 e. The van der Waals surface area contributed by atoms with Crippen molar-refractivity contribution in [3.63, 3.8) is 0 Å². The zero-order valence-electron chi connectivity index (χ0n) is 26.4. The van der Waals surface area contributed by atoms with Gasteiger partial charge in [-0.05, 0) is 75.4 Å². The molecule has 0 unspecified atom stereocenters. The molecule has 0 aliphatic rings. The van der Waals surface area contributed by atoms with Crippen LogP contribution >= 0.6 is 0 Å². The van der Waals surface area contributed by atoms with Crippen molar-refractivity contribution in [3.05, 3.63) is 108 Å². The third kappa shape index (κ3) is 6.48. The van der Waals surface area contributed by atoms with Crippen LogP contribution in [0, 0.1) is 20.8 Å². The molecule has 0 atom stereocenters. The standard InChI is InChI=1S/C33H33BN6O6/c1-22-7-10-31(41-4)25(19-22)28-13-16-38(35-28)44-34(45-39-17-14-29(36-39)26-20-23(2)8-11-32(26)42-5)46-40-18-15-30(37-40)27-21-24(3)9-12-33(27)43-6/h7-21H,1-6H3. The van der Waals surface area contributed by atoms with E-state index in [0.29, 0.717) is 34.3 Å². The average molecular weight is 620 g/mol. The van der Waals surface area contributed by atoms with Crippen molar-refractivity contribution in [2.75, 3.05) is 21.3 Å². The van der Waals surface area contributed by atoms with Gasteiger partial charge in [-0.25, -0.2) is 0 Å². The SMILES string of the molecule is COc1ccc(C)cc1-c1ccn(OB(On2ccc(-c3cc(C)ccc3OC)n2)On2ccc(-c3cc(C)ccc3OC)n2)n1. The monoisotopic (exact) mass is 620 g/mol. The number of rotatable bonds is 12. The Balaban J connectivity index is 1.29. The Morgan fingerprint density at radius 1 is 0.457 bits per heavy atom. The minimum atomic E-state index is -1.38.